The van der Waals surface area contributed by atoms with Crippen molar-refractivity contribution in [3.05, 3.63) is 59.7 Å². The second kappa shape index (κ2) is 17.0. The van der Waals surface area contributed by atoms with Crippen molar-refractivity contribution in [3.63, 3.8) is 0 Å². The molecule has 3 rings (SSSR count). The number of carbonyl (C=O) groups excluding carboxylic acids is 2. The number of rotatable bonds is 17. The van der Waals surface area contributed by atoms with Crippen molar-refractivity contribution in [1.29, 1.82) is 0 Å². The summed E-state index contributed by atoms with van der Waals surface area (Å²) in [5.41, 5.74) is 2.40. The predicted octanol–water partition coefficient (Wildman–Crippen LogP) is 6.56. The van der Waals surface area contributed by atoms with E-state index in [4.69, 9.17) is 9.47 Å². The highest BCUT2D eigenvalue weighted by atomic mass is 28.3. The number of aromatic nitrogens is 3. The van der Waals surface area contributed by atoms with Crippen molar-refractivity contribution in [2.45, 2.75) is 65.1 Å². The van der Waals surface area contributed by atoms with Gasteiger partial charge in [0.15, 0.2) is 0 Å². The topological polar surface area (TPSA) is 127 Å². The molecule has 0 saturated carbocycles. The van der Waals surface area contributed by atoms with Crippen LogP contribution in [0.4, 0.5) is 29.2 Å². The highest BCUT2D eigenvalue weighted by molar-refractivity contribution is 6.55. The summed E-state index contributed by atoms with van der Waals surface area (Å²) >= 11 is 0. The number of benzene rings is 2. The van der Waals surface area contributed by atoms with Gasteiger partial charge in [0.2, 0.25) is 17.8 Å². The SMILES string of the molecule is CCCCOC(=O)c1ccc(Nc2nc(NCCC[SiH](C)C)nc(Nc3ccc(C(=O)OCCCC)cc3)n2)cc1. The van der Waals surface area contributed by atoms with E-state index in [0.29, 0.717) is 42.2 Å². The first-order valence-corrected chi connectivity index (χ1v) is 17.6. The van der Waals surface area contributed by atoms with E-state index in [9.17, 15) is 9.59 Å². The average molecular weight is 579 g/mol. The van der Waals surface area contributed by atoms with Gasteiger partial charge in [-0.15, -0.1) is 0 Å². The van der Waals surface area contributed by atoms with Crippen LogP contribution in [0, 0.1) is 0 Å². The Morgan fingerprint density at radius 3 is 1.54 bits per heavy atom. The smallest absolute Gasteiger partial charge is 0.338 e. The predicted molar refractivity (Wildman–Crippen MR) is 166 cm³/mol. The van der Waals surface area contributed by atoms with E-state index >= 15 is 0 Å². The molecule has 220 valence electrons. The zero-order valence-corrected chi connectivity index (χ0v) is 25.7. The van der Waals surface area contributed by atoms with Gasteiger partial charge in [0.1, 0.15) is 0 Å². The van der Waals surface area contributed by atoms with Crippen LogP contribution in [-0.2, 0) is 9.47 Å². The third-order valence-electron chi connectivity index (χ3n) is 6.09. The molecule has 0 aliphatic heterocycles. The molecule has 0 unspecified atom stereocenters. The number of nitrogens with zero attached hydrogens (tertiary/aromatic N) is 3. The standard InChI is InChI=1S/C30H42N6O4Si/c1-5-7-19-39-26(37)22-10-14-24(15-11-22)32-29-34-28(31-18-9-21-41(3)4)35-30(36-29)33-25-16-12-23(13-17-25)27(38)40-20-8-6-2/h10-17,41H,5-9,18-21H2,1-4H3,(H3,31,32,33,34,35,36). The fraction of sp³-hybridized carbons (Fsp3) is 0.433. The molecule has 3 aromatic rings. The van der Waals surface area contributed by atoms with Crippen LogP contribution in [0.15, 0.2) is 48.5 Å². The fourth-order valence-electron chi connectivity index (χ4n) is 3.70. The van der Waals surface area contributed by atoms with Crippen LogP contribution in [0.1, 0.15) is 66.7 Å². The van der Waals surface area contributed by atoms with Crippen LogP contribution in [0.25, 0.3) is 0 Å². The van der Waals surface area contributed by atoms with Crippen LogP contribution in [-0.4, -0.2) is 55.4 Å². The third kappa shape index (κ3) is 11.2. The summed E-state index contributed by atoms with van der Waals surface area (Å²) in [5.74, 6) is 0.457. The lowest BCUT2D eigenvalue weighted by molar-refractivity contribution is 0.0490. The van der Waals surface area contributed by atoms with E-state index in [1.807, 2.05) is 13.8 Å². The molecule has 0 radical (unpaired) electrons. The zero-order valence-electron chi connectivity index (χ0n) is 24.5. The Morgan fingerprint density at radius 1 is 0.683 bits per heavy atom. The van der Waals surface area contributed by atoms with E-state index in [1.165, 1.54) is 6.04 Å². The minimum Gasteiger partial charge on any atom is -0.462 e. The Labute approximate surface area is 244 Å². The summed E-state index contributed by atoms with van der Waals surface area (Å²) in [6.45, 7) is 10.4. The normalized spacial score (nSPS) is 10.8. The Kier molecular flexibility index (Phi) is 13.0. The van der Waals surface area contributed by atoms with Crippen molar-refractivity contribution in [2.75, 3.05) is 35.7 Å². The first kappa shape index (κ1) is 31.5. The maximum atomic E-state index is 12.2. The van der Waals surface area contributed by atoms with E-state index in [1.54, 1.807) is 48.5 Å². The molecule has 1 heterocycles. The molecule has 0 atom stereocenters. The number of hydrogen-bond donors (Lipinski definition) is 3. The average Bonchev–Trinajstić information content (AvgIpc) is 2.96. The van der Waals surface area contributed by atoms with E-state index in [0.717, 1.165) is 50.0 Å². The van der Waals surface area contributed by atoms with E-state index in [2.05, 4.69) is 44.0 Å². The number of hydrogen-bond acceptors (Lipinski definition) is 10. The summed E-state index contributed by atoms with van der Waals surface area (Å²) in [4.78, 5) is 38.1. The Morgan fingerprint density at radius 2 is 1.12 bits per heavy atom. The number of esters is 2. The van der Waals surface area contributed by atoms with Gasteiger partial charge in [0.25, 0.3) is 0 Å². The van der Waals surface area contributed by atoms with Crippen LogP contribution in [0.3, 0.4) is 0 Å². The largest absolute Gasteiger partial charge is 0.462 e. The van der Waals surface area contributed by atoms with Crippen LogP contribution >= 0.6 is 0 Å². The zero-order chi connectivity index (χ0) is 29.5. The number of anilines is 5. The lowest BCUT2D eigenvalue weighted by Crippen LogP contribution is -2.12. The van der Waals surface area contributed by atoms with Crippen molar-refractivity contribution < 1.29 is 19.1 Å². The number of unbranched alkanes of at least 4 members (excludes halogenated alkanes) is 2. The summed E-state index contributed by atoms with van der Waals surface area (Å²) in [5, 5.41) is 9.70. The molecular formula is C30H42N6O4Si. The minimum atomic E-state index is -0.634. The molecule has 41 heavy (non-hydrogen) atoms. The van der Waals surface area contributed by atoms with Crippen molar-refractivity contribution in [2.24, 2.45) is 0 Å². The molecule has 0 amide bonds. The minimum absolute atomic E-state index is 0.340. The second-order valence-electron chi connectivity index (χ2n) is 10.2. The highest BCUT2D eigenvalue weighted by Crippen LogP contribution is 2.20. The second-order valence-corrected chi connectivity index (χ2v) is 13.5. The number of carbonyl (C=O) groups is 2. The lowest BCUT2D eigenvalue weighted by atomic mass is 10.2. The first-order valence-electron chi connectivity index (χ1n) is 14.5. The monoisotopic (exact) mass is 578 g/mol. The van der Waals surface area contributed by atoms with E-state index < -0.39 is 8.80 Å². The molecule has 0 saturated heterocycles. The van der Waals surface area contributed by atoms with Crippen molar-refractivity contribution in [1.82, 2.24) is 15.0 Å². The van der Waals surface area contributed by atoms with Gasteiger partial charge in [0.05, 0.1) is 24.3 Å². The maximum absolute atomic E-state index is 12.2. The third-order valence-corrected chi connectivity index (χ3v) is 7.66. The summed E-state index contributed by atoms with van der Waals surface area (Å²) in [6, 6.07) is 15.2. The van der Waals surface area contributed by atoms with Crippen LogP contribution in [0.5, 0.6) is 0 Å². The summed E-state index contributed by atoms with van der Waals surface area (Å²) in [6.07, 6.45) is 4.66. The van der Waals surface area contributed by atoms with Gasteiger partial charge in [-0.1, -0.05) is 45.8 Å². The van der Waals surface area contributed by atoms with Crippen molar-refractivity contribution >= 4 is 50.0 Å². The lowest BCUT2D eigenvalue weighted by Gasteiger charge is -2.12. The molecule has 0 bridgehead atoms. The van der Waals surface area contributed by atoms with Crippen LogP contribution < -0.4 is 16.0 Å². The molecule has 2 aromatic carbocycles. The van der Waals surface area contributed by atoms with Gasteiger partial charge >= 0.3 is 11.9 Å². The molecule has 11 heteroatoms. The van der Waals surface area contributed by atoms with Gasteiger partial charge < -0.3 is 25.4 Å². The number of nitrogens with one attached hydrogen (secondary N) is 3. The molecule has 10 nitrogen and oxygen atoms in total. The molecule has 0 spiro atoms. The van der Waals surface area contributed by atoms with Gasteiger partial charge in [-0.2, -0.15) is 15.0 Å². The molecule has 0 aliphatic carbocycles. The molecule has 0 aliphatic rings. The van der Waals surface area contributed by atoms with Gasteiger partial charge in [-0.05, 0) is 67.8 Å². The fourth-order valence-corrected chi connectivity index (χ4v) is 4.72. The maximum Gasteiger partial charge on any atom is 0.338 e. The van der Waals surface area contributed by atoms with Crippen LogP contribution in [0.2, 0.25) is 19.1 Å². The summed E-state index contributed by atoms with van der Waals surface area (Å²) < 4.78 is 10.6. The van der Waals surface area contributed by atoms with Gasteiger partial charge in [-0.25, -0.2) is 9.59 Å². The molecule has 1 aromatic heterocycles. The Hall–Kier alpha value is -3.99. The number of ether oxygens (including phenoxy) is 2. The molecule has 3 N–H and O–H groups in total. The van der Waals surface area contributed by atoms with E-state index in [-0.39, 0.29) is 11.9 Å². The quantitative estimate of drug-likeness (QED) is 0.0920. The summed E-state index contributed by atoms with van der Waals surface area (Å²) in [7, 11) is -0.634. The van der Waals surface area contributed by atoms with Crippen molar-refractivity contribution in [3.8, 4) is 0 Å². The Balaban J connectivity index is 1.72. The van der Waals surface area contributed by atoms with Gasteiger partial charge in [-0.3, -0.25) is 0 Å². The Bertz CT molecular complexity index is 1150. The van der Waals surface area contributed by atoms with Gasteiger partial charge in [0, 0.05) is 26.7 Å². The molecule has 0 fully saturated rings. The molecular weight excluding hydrogens is 536 g/mol. The first-order chi connectivity index (χ1) is 19.9. The highest BCUT2D eigenvalue weighted by Gasteiger charge is 2.11.